The number of sulfone groups is 1. The van der Waals surface area contributed by atoms with Crippen LogP contribution in [0.3, 0.4) is 0 Å². The topological polar surface area (TPSA) is 115 Å². The molecule has 0 aliphatic carbocycles. The largest absolute Gasteiger partial charge is 0.469 e. The molecule has 0 saturated carbocycles. The van der Waals surface area contributed by atoms with E-state index in [9.17, 15) is 13.2 Å². The average molecular weight is 324 g/mol. The van der Waals surface area contributed by atoms with Crippen LogP contribution in [-0.2, 0) is 19.4 Å². The molecule has 9 heteroatoms. The van der Waals surface area contributed by atoms with Gasteiger partial charge in [-0.05, 0) is 5.56 Å². The van der Waals surface area contributed by atoms with Gasteiger partial charge in [0.2, 0.25) is 0 Å². The zero-order valence-electron chi connectivity index (χ0n) is 12.1. The third-order valence-corrected chi connectivity index (χ3v) is 5.31. The fraction of sp³-hybridized carbons (Fsp3) is 0.385. The van der Waals surface area contributed by atoms with Gasteiger partial charge < -0.3 is 4.74 Å². The number of carbonyl (C=O) groups is 1. The lowest BCUT2D eigenvalue weighted by Crippen LogP contribution is -2.27. The van der Waals surface area contributed by atoms with Gasteiger partial charge >= 0.3 is 5.97 Å². The summed E-state index contributed by atoms with van der Waals surface area (Å²) in [7, 11) is -2.52. The number of hydrogen-bond acceptors (Lipinski definition) is 7. The number of nitrogens with one attached hydrogen (secondary N) is 1. The van der Waals surface area contributed by atoms with Gasteiger partial charge in [-0.25, -0.2) is 8.42 Å². The zero-order chi connectivity index (χ0) is 16.2. The van der Waals surface area contributed by atoms with E-state index in [1.165, 1.54) is 14.0 Å². The van der Waals surface area contributed by atoms with Crippen molar-refractivity contribution < 1.29 is 17.9 Å². The summed E-state index contributed by atoms with van der Waals surface area (Å²) in [6, 6.07) is 8.56. The number of methoxy groups -OCH3 is 1. The molecular formula is C13H16N4O4S. The summed E-state index contributed by atoms with van der Waals surface area (Å²) in [5.74, 6) is -1.69. The van der Waals surface area contributed by atoms with Crippen molar-refractivity contribution in [3.63, 3.8) is 0 Å². The Labute approximate surface area is 127 Å². The SMILES string of the molecule is COC(=O)[C@@H](C)CS(=O)(=O)C(c1ccccc1)c1nn[nH]n1. The van der Waals surface area contributed by atoms with Gasteiger partial charge in [0.15, 0.2) is 15.7 Å². The Morgan fingerprint density at radius 1 is 1.32 bits per heavy atom. The minimum Gasteiger partial charge on any atom is -0.469 e. The van der Waals surface area contributed by atoms with E-state index in [-0.39, 0.29) is 11.6 Å². The Balaban J connectivity index is 2.39. The second-order valence-corrected chi connectivity index (χ2v) is 6.94. The predicted octanol–water partition coefficient (Wildman–Crippen LogP) is 0.513. The van der Waals surface area contributed by atoms with Gasteiger partial charge in [-0.1, -0.05) is 42.5 Å². The fourth-order valence-corrected chi connectivity index (χ4v) is 4.16. The summed E-state index contributed by atoms with van der Waals surface area (Å²) in [5, 5.41) is 12.2. The Morgan fingerprint density at radius 2 is 2.00 bits per heavy atom. The first kappa shape index (κ1) is 16.1. The van der Waals surface area contributed by atoms with E-state index < -0.39 is 27.0 Å². The number of tetrazole rings is 1. The molecule has 2 rings (SSSR count). The van der Waals surface area contributed by atoms with Crippen LogP contribution in [0.5, 0.6) is 0 Å². The van der Waals surface area contributed by atoms with Gasteiger partial charge in [0.1, 0.15) is 5.25 Å². The molecule has 1 aromatic heterocycles. The number of esters is 1. The highest BCUT2D eigenvalue weighted by molar-refractivity contribution is 7.91. The van der Waals surface area contributed by atoms with Crippen molar-refractivity contribution in [2.75, 3.05) is 12.9 Å². The van der Waals surface area contributed by atoms with Crippen molar-refractivity contribution in [3.8, 4) is 0 Å². The molecule has 0 amide bonds. The normalized spacial score (nSPS) is 14.3. The van der Waals surface area contributed by atoms with Crippen LogP contribution in [0.15, 0.2) is 30.3 Å². The maximum atomic E-state index is 12.7. The second kappa shape index (κ2) is 6.65. The van der Waals surface area contributed by atoms with Gasteiger partial charge in [0.25, 0.3) is 0 Å². The first-order valence-corrected chi connectivity index (χ1v) is 8.25. The van der Waals surface area contributed by atoms with Crippen molar-refractivity contribution >= 4 is 15.8 Å². The number of rotatable bonds is 6. The molecule has 0 spiro atoms. The molecule has 0 fully saturated rings. The van der Waals surface area contributed by atoms with Gasteiger partial charge in [-0.3, -0.25) is 4.79 Å². The zero-order valence-corrected chi connectivity index (χ0v) is 12.9. The number of H-pyrrole nitrogens is 1. The molecule has 0 aliphatic rings. The van der Waals surface area contributed by atoms with Crippen LogP contribution in [0.1, 0.15) is 23.6 Å². The van der Waals surface area contributed by atoms with Crippen molar-refractivity contribution in [3.05, 3.63) is 41.7 Å². The molecule has 0 radical (unpaired) electrons. The molecular weight excluding hydrogens is 308 g/mol. The maximum absolute atomic E-state index is 12.7. The standard InChI is InChI=1S/C13H16N4O4S/c1-9(13(18)21-2)8-22(19,20)11(12-14-16-17-15-12)10-6-4-3-5-7-10/h3-7,9,11H,8H2,1-2H3,(H,14,15,16,17)/t9-,11?/m0/s1. The van der Waals surface area contributed by atoms with Gasteiger partial charge in [-0.15, -0.1) is 10.2 Å². The predicted molar refractivity (Wildman–Crippen MR) is 77.4 cm³/mol. The number of aromatic amines is 1. The maximum Gasteiger partial charge on any atom is 0.309 e. The summed E-state index contributed by atoms with van der Waals surface area (Å²) >= 11 is 0. The minimum absolute atomic E-state index is 0.0447. The van der Waals surface area contributed by atoms with Crippen molar-refractivity contribution in [2.24, 2.45) is 5.92 Å². The minimum atomic E-state index is -3.74. The van der Waals surface area contributed by atoms with Crippen LogP contribution >= 0.6 is 0 Å². The summed E-state index contributed by atoms with van der Waals surface area (Å²) in [6.45, 7) is 1.50. The quantitative estimate of drug-likeness (QED) is 0.770. The highest BCUT2D eigenvalue weighted by Gasteiger charge is 2.35. The molecule has 1 heterocycles. The van der Waals surface area contributed by atoms with E-state index >= 15 is 0 Å². The first-order chi connectivity index (χ1) is 10.5. The molecule has 1 aromatic carbocycles. The smallest absolute Gasteiger partial charge is 0.309 e. The molecule has 1 unspecified atom stereocenters. The van der Waals surface area contributed by atoms with Crippen LogP contribution in [0.2, 0.25) is 0 Å². The van der Waals surface area contributed by atoms with E-state index in [1.807, 2.05) is 0 Å². The lowest BCUT2D eigenvalue weighted by Gasteiger charge is -2.17. The Hall–Kier alpha value is -2.29. The molecule has 0 bridgehead atoms. The van der Waals surface area contributed by atoms with Crippen LogP contribution in [-0.4, -0.2) is 47.9 Å². The monoisotopic (exact) mass is 324 g/mol. The molecule has 2 atom stereocenters. The Kier molecular flexibility index (Phi) is 4.86. The molecule has 0 aliphatic heterocycles. The second-order valence-electron chi connectivity index (χ2n) is 4.81. The highest BCUT2D eigenvalue weighted by atomic mass is 32.2. The third kappa shape index (κ3) is 3.48. The molecule has 1 N–H and O–H groups in total. The summed E-state index contributed by atoms with van der Waals surface area (Å²) in [4.78, 5) is 11.5. The van der Waals surface area contributed by atoms with Gasteiger partial charge in [-0.2, -0.15) is 5.21 Å². The van der Waals surface area contributed by atoms with Crippen LogP contribution in [0.25, 0.3) is 0 Å². The lowest BCUT2D eigenvalue weighted by molar-refractivity contribution is -0.144. The number of benzene rings is 1. The number of carbonyl (C=O) groups excluding carboxylic acids is 1. The summed E-state index contributed by atoms with van der Waals surface area (Å²) in [6.07, 6.45) is 0. The van der Waals surface area contributed by atoms with Crippen LogP contribution in [0.4, 0.5) is 0 Å². The Morgan fingerprint density at radius 3 is 2.55 bits per heavy atom. The van der Waals surface area contributed by atoms with Crippen molar-refractivity contribution in [2.45, 2.75) is 12.2 Å². The molecule has 2 aromatic rings. The van der Waals surface area contributed by atoms with Crippen LogP contribution in [0, 0.1) is 5.92 Å². The lowest BCUT2D eigenvalue weighted by atomic mass is 10.1. The van der Waals surface area contributed by atoms with Gasteiger partial charge in [0.05, 0.1) is 18.8 Å². The number of ether oxygens (including phenoxy) is 1. The molecule has 0 saturated heterocycles. The number of aromatic nitrogens is 4. The Bertz CT molecular complexity index is 716. The third-order valence-electron chi connectivity index (χ3n) is 3.14. The van der Waals surface area contributed by atoms with E-state index in [1.54, 1.807) is 30.3 Å². The number of nitrogens with zero attached hydrogens (tertiary/aromatic N) is 3. The highest BCUT2D eigenvalue weighted by Crippen LogP contribution is 2.29. The first-order valence-electron chi connectivity index (χ1n) is 6.53. The summed E-state index contributed by atoms with van der Waals surface area (Å²) < 4.78 is 30.0. The van der Waals surface area contributed by atoms with Crippen LogP contribution < -0.4 is 0 Å². The van der Waals surface area contributed by atoms with E-state index in [2.05, 4.69) is 25.4 Å². The van der Waals surface area contributed by atoms with E-state index in [4.69, 9.17) is 0 Å². The molecule has 22 heavy (non-hydrogen) atoms. The van der Waals surface area contributed by atoms with Crippen molar-refractivity contribution in [1.29, 1.82) is 0 Å². The van der Waals surface area contributed by atoms with Crippen molar-refractivity contribution in [1.82, 2.24) is 20.6 Å². The van der Waals surface area contributed by atoms with Gasteiger partial charge in [0, 0.05) is 0 Å². The van der Waals surface area contributed by atoms with E-state index in [0.717, 1.165) is 0 Å². The van der Waals surface area contributed by atoms with E-state index in [0.29, 0.717) is 5.56 Å². The average Bonchev–Trinajstić information content (AvgIpc) is 3.00. The molecule has 118 valence electrons. The molecule has 8 nitrogen and oxygen atoms in total. The summed E-state index contributed by atoms with van der Waals surface area (Å²) in [5.41, 5.74) is 0.515. The number of hydrogen-bond donors (Lipinski definition) is 1. The fourth-order valence-electron chi connectivity index (χ4n) is 2.14.